The molecule has 0 fully saturated rings. The van der Waals surface area contributed by atoms with E-state index in [4.69, 9.17) is 4.74 Å². The van der Waals surface area contributed by atoms with E-state index in [1.807, 2.05) is 49.4 Å². The van der Waals surface area contributed by atoms with Crippen LogP contribution in [0.4, 0.5) is 0 Å². The van der Waals surface area contributed by atoms with Crippen LogP contribution in [0.25, 0.3) is 11.1 Å². The second-order valence-electron chi connectivity index (χ2n) is 5.25. The van der Waals surface area contributed by atoms with Gasteiger partial charge in [0, 0.05) is 12.6 Å². The Balaban J connectivity index is 1.80. The number of nitrogens with zero attached hydrogens (tertiary/aromatic N) is 1. The standard InChI is InChI=1S/C19H18N2O2S/c1-13-18(19(22)20-2)24-17(21-13)12-23-16-11-7-6-10-15(16)14-8-4-3-5-9-14/h3-11H,12H2,1-2H3,(H,20,22). The smallest absolute Gasteiger partial charge is 0.263 e. The largest absolute Gasteiger partial charge is 0.486 e. The third kappa shape index (κ3) is 3.46. The van der Waals surface area contributed by atoms with E-state index in [1.165, 1.54) is 11.3 Å². The first-order chi connectivity index (χ1) is 11.7. The highest BCUT2D eigenvalue weighted by molar-refractivity contribution is 7.13. The molecule has 3 aromatic rings. The monoisotopic (exact) mass is 338 g/mol. The molecule has 2 aromatic carbocycles. The Labute approximate surface area is 145 Å². The Bertz CT molecular complexity index is 844. The number of thiazole rings is 1. The third-order valence-electron chi connectivity index (χ3n) is 3.60. The third-order valence-corrected chi connectivity index (χ3v) is 4.73. The van der Waals surface area contributed by atoms with E-state index in [2.05, 4.69) is 22.4 Å². The molecule has 0 spiro atoms. The van der Waals surface area contributed by atoms with E-state index >= 15 is 0 Å². The number of para-hydroxylation sites is 1. The average molecular weight is 338 g/mol. The van der Waals surface area contributed by atoms with Crippen LogP contribution < -0.4 is 10.1 Å². The molecule has 0 saturated heterocycles. The minimum absolute atomic E-state index is 0.110. The van der Waals surface area contributed by atoms with Crippen molar-refractivity contribution >= 4 is 17.2 Å². The van der Waals surface area contributed by atoms with Gasteiger partial charge in [-0.2, -0.15) is 0 Å². The number of aryl methyl sites for hydroxylation is 1. The van der Waals surface area contributed by atoms with E-state index in [0.29, 0.717) is 11.5 Å². The molecule has 0 aliphatic carbocycles. The van der Waals surface area contributed by atoms with Crippen molar-refractivity contribution in [1.29, 1.82) is 0 Å². The van der Waals surface area contributed by atoms with Crippen LogP contribution in [0.5, 0.6) is 5.75 Å². The van der Waals surface area contributed by atoms with Gasteiger partial charge in [0.05, 0.1) is 5.69 Å². The van der Waals surface area contributed by atoms with Gasteiger partial charge in [0.25, 0.3) is 5.91 Å². The number of aromatic nitrogens is 1. The van der Waals surface area contributed by atoms with Crippen molar-refractivity contribution in [2.24, 2.45) is 0 Å². The quantitative estimate of drug-likeness (QED) is 0.763. The molecule has 0 bridgehead atoms. The fraction of sp³-hybridized carbons (Fsp3) is 0.158. The molecule has 24 heavy (non-hydrogen) atoms. The first-order valence-corrected chi connectivity index (χ1v) is 8.46. The maximum Gasteiger partial charge on any atom is 0.263 e. The molecular formula is C19H18N2O2S. The number of rotatable bonds is 5. The zero-order valence-electron chi connectivity index (χ0n) is 13.6. The van der Waals surface area contributed by atoms with Gasteiger partial charge < -0.3 is 10.1 Å². The number of carbonyl (C=O) groups is 1. The van der Waals surface area contributed by atoms with Crippen LogP contribution in [0.3, 0.4) is 0 Å². The van der Waals surface area contributed by atoms with Gasteiger partial charge in [-0.15, -0.1) is 11.3 Å². The Morgan fingerprint density at radius 3 is 2.58 bits per heavy atom. The first-order valence-electron chi connectivity index (χ1n) is 7.64. The summed E-state index contributed by atoms with van der Waals surface area (Å²) in [4.78, 5) is 16.8. The molecule has 1 aromatic heterocycles. The Hall–Kier alpha value is -2.66. The number of amides is 1. The van der Waals surface area contributed by atoms with Gasteiger partial charge in [-0.1, -0.05) is 48.5 Å². The van der Waals surface area contributed by atoms with Gasteiger partial charge in [0.2, 0.25) is 0 Å². The fourth-order valence-electron chi connectivity index (χ4n) is 2.43. The Morgan fingerprint density at radius 2 is 1.83 bits per heavy atom. The molecule has 1 heterocycles. The molecule has 0 radical (unpaired) electrons. The van der Waals surface area contributed by atoms with Crippen LogP contribution in [0.15, 0.2) is 54.6 Å². The summed E-state index contributed by atoms with van der Waals surface area (Å²) in [5, 5.41) is 3.42. The lowest BCUT2D eigenvalue weighted by Crippen LogP contribution is -2.17. The van der Waals surface area contributed by atoms with Crippen molar-refractivity contribution in [3.05, 3.63) is 70.2 Å². The minimum Gasteiger partial charge on any atom is -0.486 e. The van der Waals surface area contributed by atoms with Crippen molar-refractivity contribution in [2.75, 3.05) is 7.05 Å². The normalized spacial score (nSPS) is 10.4. The van der Waals surface area contributed by atoms with Crippen molar-refractivity contribution < 1.29 is 9.53 Å². The lowest BCUT2D eigenvalue weighted by atomic mass is 10.1. The first kappa shape index (κ1) is 16.2. The minimum atomic E-state index is -0.110. The molecular weight excluding hydrogens is 320 g/mol. The van der Waals surface area contributed by atoms with Crippen LogP contribution in [-0.4, -0.2) is 17.9 Å². The van der Waals surface area contributed by atoms with E-state index < -0.39 is 0 Å². The lowest BCUT2D eigenvalue weighted by Gasteiger charge is -2.10. The predicted molar refractivity (Wildman–Crippen MR) is 96.5 cm³/mol. The second-order valence-corrected chi connectivity index (χ2v) is 6.34. The molecule has 5 heteroatoms. The van der Waals surface area contributed by atoms with Crippen LogP contribution in [0.2, 0.25) is 0 Å². The van der Waals surface area contributed by atoms with Crippen LogP contribution in [0.1, 0.15) is 20.4 Å². The van der Waals surface area contributed by atoms with E-state index in [0.717, 1.165) is 27.6 Å². The van der Waals surface area contributed by atoms with Gasteiger partial charge in [-0.25, -0.2) is 4.98 Å². The summed E-state index contributed by atoms with van der Waals surface area (Å²) in [6.45, 7) is 2.18. The summed E-state index contributed by atoms with van der Waals surface area (Å²) in [6, 6.07) is 18.0. The summed E-state index contributed by atoms with van der Waals surface area (Å²) in [5.41, 5.74) is 2.88. The maximum atomic E-state index is 11.8. The summed E-state index contributed by atoms with van der Waals surface area (Å²) < 4.78 is 5.98. The average Bonchev–Trinajstić information content (AvgIpc) is 3.01. The summed E-state index contributed by atoms with van der Waals surface area (Å²) in [6.07, 6.45) is 0. The maximum absolute atomic E-state index is 11.8. The lowest BCUT2D eigenvalue weighted by molar-refractivity contribution is 0.0966. The molecule has 0 saturated carbocycles. The van der Waals surface area contributed by atoms with Crippen LogP contribution in [0, 0.1) is 6.92 Å². The van der Waals surface area contributed by atoms with Gasteiger partial charge >= 0.3 is 0 Å². The Kier molecular flexibility index (Phi) is 4.91. The van der Waals surface area contributed by atoms with Crippen LogP contribution in [-0.2, 0) is 6.61 Å². The topological polar surface area (TPSA) is 51.2 Å². The van der Waals surface area contributed by atoms with Gasteiger partial charge in [-0.05, 0) is 18.6 Å². The molecule has 1 N–H and O–H groups in total. The molecule has 3 rings (SSSR count). The number of carbonyl (C=O) groups excluding carboxylic acids is 1. The number of benzene rings is 2. The SMILES string of the molecule is CNC(=O)c1sc(COc2ccccc2-c2ccccc2)nc1C. The van der Waals surface area contributed by atoms with E-state index in [-0.39, 0.29) is 5.91 Å². The second kappa shape index (κ2) is 7.27. The number of hydrogen-bond acceptors (Lipinski definition) is 4. The fourth-order valence-corrected chi connectivity index (χ4v) is 3.35. The molecule has 0 atom stereocenters. The molecule has 1 amide bonds. The predicted octanol–water partition coefficient (Wildman–Crippen LogP) is 4.06. The molecule has 0 aliphatic heterocycles. The van der Waals surface area contributed by atoms with Crippen molar-refractivity contribution in [1.82, 2.24) is 10.3 Å². The van der Waals surface area contributed by atoms with Gasteiger partial charge in [0.15, 0.2) is 0 Å². The number of nitrogens with one attached hydrogen (secondary N) is 1. The number of ether oxygens (including phenoxy) is 1. The zero-order valence-corrected chi connectivity index (χ0v) is 14.4. The summed E-state index contributed by atoms with van der Waals surface area (Å²) in [7, 11) is 1.62. The highest BCUT2D eigenvalue weighted by Gasteiger charge is 2.14. The highest BCUT2D eigenvalue weighted by Crippen LogP contribution is 2.30. The van der Waals surface area contributed by atoms with Crippen molar-refractivity contribution in [2.45, 2.75) is 13.5 Å². The van der Waals surface area contributed by atoms with Crippen molar-refractivity contribution in [3.8, 4) is 16.9 Å². The molecule has 4 nitrogen and oxygen atoms in total. The van der Waals surface area contributed by atoms with Crippen molar-refractivity contribution in [3.63, 3.8) is 0 Å². The number of hydrogen-bond donors (Lipinski definition) is 1. The molecule has 0 aliphatic rings. The Morgan fingerprint density at radius 1 is 1.12 bits per heavy atom. The molecule has 0 unspecified atom stereocenters. The summed E-state index contributed by atoms with van der Waals surface area (Å²) >= 11 is 1.36. The summed E-state index contributed by atoms with van der Waals surface area (Å²) in [5.74, 6) is 0.694. The van der Waals surface area contributed by atoms with E-state index in [9.17, 15) is 4.79 Å². The van der Waals surface area contributed by atoms with Gasteiger partial charge in [0.1, 0.15) is 22.2 Å². The zero-order chi connectivity index (χ0) is 16.9. The van der Waals surface area contributed by atoms with Crippen LogP contribution >= 0.6 is 11.3 Å². The molecule has 122 valence electrons. The van der Waals surface area contributed by atoms with E-state index in [1.54, 1.807) is 7.05 Å². The highest BCUT2D eigenvalue weighted by atomic mass is 32.1. The van der Waals surface area contributed by atoms with Gasteiger partial charge in [-0.3, -0.25) is 4.79 Å².